The number of carbonyl (C=O) groups is 1. The summed E-state index contributed by atoms with van der Waals surface area (Å²) < 4.78 is 28.2. The Balaban J connectivity index is 0.000000171. The second kappa shape index (κ2) is 8.41. The van der Waals surface area contributed by atoms with Crippen molar-refractivity contribution in [2.75, 3.05) is 12.9 Å². The number of hydrogen-bond acceptors (Lipinski definition) is 5. The lowest BCUT2D eigenvalue weighted by atomic mass is 9.53. The van der Waals surface area contributed by atoms with Crippen molar-refractivity contribution in [1.29, 1.82) is 0 Å². The van der Waals surface area contributed by atoms with Gasteiger partial charge < -0.3 is 10.5 Å². The van der Waals surface area contributed by atoms with Gasteiger partial charge in [0, 0.05) is 17.4 Å². The van der Waals surface area contributed by atoms with Crippen LogP contribution in [-0.2, 0) is 19.4 Å². The Morgan fingerprint density at radius 3 is 1.88 bits per heavy atom. The van der Waals surface area contributed by atoms with Gasteiger partial charge >= 0.3 is 5.97 Å². The summed E-state index contributed by atoms with van der Waals surface area (Å²) in [4.78, 5) is 12.3. The van der Waals surface area contributed by atoms with Gasteiger partial charge in [-0.1, -0.05) is 42.5 Å². The third-order valence-corrected chi connectivity index (χ3v) is 8.76. The molecule has 2 aromatic carbocycles. The van der Waals surface area contributed by atoms with E-state index in [2.05, 4.69) is 0 Å². The maximum absolute atomic E-state index is 12.0. The average Bonchev–Trinajstić information content (AvgIpc) is 3.14. The summed E-state index contributed by atoms with van der Waals surface area (Å²) in [5.74, 6) is 2.71. The molecule has 0 spiro atoms. The minimum absolute atomic E-state index is 0.196. The highest BCUT2D eigenvalue weighted by atomic mass is 32.2. The van der Waals surface area contributed by atoms with Gasteiger partial charge in [0.1, 0.15) is 6.61 Å². The standard InChI is InChI=1S/C17H14O4S.C10H17N/c1-22(19,20)14-9-7-12(8-10-14)15-11-21-17(18)16(15)13-5-3-2-4-6-13;11-10-4-7-1-8(5-10)3-9(2-7)6-10/h2-10H,11H2,1H3;7-9H,1-6,11H2. The van der Waals surface area contributed by atoms with Crippen LogP contribution in [0.2, 0.25) is 0 Å². The first-order valence-corrected chi connectivity index (χ1v) is 13.6. The van der Waals surface area contributed by atoms with Gasteiger partial charge in [0.15, 0.2) is 9.84 Å². The molecule has 0 amide bonds. The third kappa shape index (κ3) is 4.64. The van der Waals surface area contributed by atoms with Crippen LogP contribution in [0.1, 0.15) is 49.7 Å². The summed E-state index contributed by atoms with van der Waals surface area (Å²) >= 11 is 0. The number of cyclic esters (lactones) is 1. The molecule has 0 aromatic heterocycles. The van der Waals surface area contributed by atoms with Crippen molar-refractivity contribution >= 4 is 27.0 Å². The van der Waals surface area contributed by atoms with Crippen molar-refractivity contribution in [3.8, 4) is 0 Å². The molecule has 1 aliphatic heterocycles. The Labute approximate surface area is 195 Å². The monoisotopic (exact) mass is 465 g/mol. The van der Waals surface area contributed by atoms with Gasteiger partial charge in [0.25, 0.3) is 0 Å². The smallest absolute Gasteiger partial charge is 0.339 e. The predicted molar refractivity (Wildman–Crippen MR) is 129 cm³/mol. The van der Waals surface area contributed by atoms with Crippen LogP contribution in [0.4, 0.5) is 0 Å². The Morgan fingerprint density at radius 1 is 0.848 bits per heavy atom. The van der Waals surface area contributed by atoms with E-state index in [0.29, 0.717) is 11.1 Å². The Hall–Kier alpha value is -2.44. The summed E-state index contributed by atoms with van der Waals surface area (Å²) in [6, 6.07) is 15.8. The van der Waals surface area contributed by atoms with E-state index in [1.165, 1.54) is 44.8 Å². The zero-order valence-electron chi connectivity index (χ0n) is 19.0. The fourth-order valence-electron chi connectivity index (χ4n) is 6.61. The van der Waals surface area contributed by atoms with E-state index in [4.69, 9.17) is 10.5 Å². The first kappa shape index (κ1) is 22.4. The van der Waals surface area contributed by atoms with Crippen LogP contribution in [0.25, 0.3) is 11.1 Å². The van der Waals surface area contributed by atoms with Crippen molar-refractivity contribution in [3.05, 3.63) is 65.7 Å². The number of benzene rings is 2. The van der Waals surface area contributed by atoms with E-state index in [1.54, 1.807) is 24.3 Å². The number of ether oxygens (including phenoxy) is 1. The van der Waals surface area contributed by atoms with Crippen molar-refractivity contribution < 1.29 is 17.9 Å². The molecule has 4 aliphatic carbocycles. The first-order chi connectivity index (χ1) is 15.7. The van der Waals surface area contributed by atoms with Crippen LogP contribution >= 0.6 is 0 Å². The van der Waals surface area contributed by atoms with E-state index in [0.717, 1.165) is 34.5 Å². The molecule has 174 valence electrons. The lowest BCUT2D eigenvalue weighted by Crippen LogP contribution is -2.55. The number of carbonyl (C=O) groups excluding carboxylic acids is 1. The van der Waals surface area contributed by atoms with Gasteiger partial charge in [0.2, 0.25) is 0 Å². The summed E-state index contributed by atoms with van der Waals surface area (Å²) in [7, 11) is -3.23. The van der Waals surface area contributed by atoms with Gasteiger partial charge in [-0.15, -0.1) is 0 Å². The molecule has 5 aliphatic rings. The molecule has 2 aromatic rings. The predicted octanol–water partition coefficient (Wildman–Crippen LogP) is 4.47. The molecule has 4 fully saturated rings. The lowest BCUT2D eigenvalue weighted by Gasteiger charge is -2.55. The van der Waals surface area contributed by atoms with Crippen LogP contribution in [-0.4, -0.2) is 32.8 Å². The molecule has 2 N–H and O–H groups in total. The van der Waals surface area contributed by atoms with E-state index >= 15 is 0 Å². The molecule has 5 nitrogen and oxygen atoms in total. The molecule has 4 saturated carbocycles. The highest BCUT2D eigenvalue weighted by molar-refractivity contribution is 7.90. The van der Waals surface area contributed by atoms with E-state index in [1.807, 2.05) is 30.3 Å². The molecular weight excluding hydrogens is 434 g/mol. The van der Waals surface area contributed by atoms with Crippen LogP contribution in [0.5, 0.6) is 0 Å². The molecule has 0 radical (unpaired) electrons. The van der Waals surface area contributed by atoms with Gasteiger partial charge in [0.05, 0.1) is 10.5 Å². The summed E-state index contributed by atoms with van der Waals surface area (Å²) in [6.45, 7) is 0.196. The van der Waals surface area contributed by atoms with E-state index in [-0.39, 0.29) is 17.5 Å². The molecule has 7 rings (SSSR count). The molecule has 33 heavy (non-hydrogen) atoms. The highest BCUT2D eigenvalue weighted by Gasteiger charge is 2.48. The average molecular weight is 466 g/mol. The molecule has 0 saturated heterocycles. The molecule has 0 atom stereocenters. The minimum atomic E-state index is -3.23. The van der Waals surface area contributed by atoms with Crippen molar-refractivity contribution in [2.45, 2.75) is 49.0 Å². The second-order valence-electron chi connectivity index (χ2n) is 10.4. The maximum Gasteiger partial charge on any atom is 0.339 e. The maximum atomic E-state index is 12.0. The lowest BCUT2D eigenvalue weighted by molar-refractivity contribution is -0.133. The van der Waals surface area contributed by atoms with Crippen LogP contribution in [0, 0.1) is 17.8 Å². The fraction of sp³-hybridized carbons (Fsp3) is 0.444. The summed E-state index contributed by atoms with van der Waals surface area (Å²) in [5, 5.41) is 0. The number of hydrogen-bond donors (Lipinski definition) is 1. The highest BCUT2D eigenvalue weighted by Crippen LogP contribution is 2.54. The van der Waals surface area contributed by atoms with Crippen LogP contribution in [0.3, 0.4) is 0 Å². The Kier molecular flexibility index (Phi) is 5.69. The summed E-state index contributed by atoms with van der Waals surface area (Å²) in [6.07, 6.45) is 9.74. The fourth-order valence-corrected chi connectivity index (χ4v) is 7.24. The number of rotatable bonds is 3. The zero-order chi connectivity index (χ0) is 23.2. The number of nitrogens with two attached hydrogens (primary N) is 1. The third-order valence-electron chi connectivity index (χ3n) is 7.63. The Morgan fingerprint density at radius 2 is 1.39 bits per heavy atom. The Bertz CT molecular complexity index is 1150. The van der Waals surface area contributed by atoms with Gasteiger partial charge in [-0.3, -0.25) is 0 Å². The number of esters is 1. The largest absolute Gasteiger partial charge is 0.457 e. The normalized spacial score (nSPS) is 30.1. The topological polar surface area (TPSA) is 86.5 Å². The van der Waals surface area contributed by atoms with E-state index < -0.39 is 9.84 Å². The van der Waals surface area contributed by atoms with Crippen LogP contribution < -0.4 is 5.73 Å². The van der Waals surface area contributed by atoms with Gasteiger partial charge in [-0.25, -0.2) is 13.2 Å². The zero-order valence-corrected chi connectivity index (χ0v) is 19.8. The molecule has 1 heterocycles. The SMILES string of the molecule is CS(=O)(=O)c1ccc(C2=C(c3ccccc3)C(=O)OC2)cc1.NC12CC3CC(CC(C3)C1)C2. The molecule has 6 heteroatoms. The quantitative estimate of drug-likeness (QED) is 0.676. The van der Waals surface area contributed by atoms with Gasteiger partial charge in [-0.2, -0.15) is 0 Å². The second-order valence-corrected chi connectivity index (χ2v) is 12.4. The van der Waals surface area contributed by atoms with Gasteiger partial charge in [-0.05, 0) is 79.5 Å². The van der Waals surface area contributed by atoms with E-state index in [9.17, 15) is 13.2 Å². The number of sulfone groups is 1. The first-order valence-electron chi connectivity index (χ1n) is 11.8. The molecule has 0 unspecified atom stereocenters. The van der Waals surface area contributed by atoms with Crippen molar-refractivity contribution in [1.82, 2.24) is 0 Å². The van der Waals surface area contributed by atoms with Crippen molar-refractivity contribution in [2.24, 2.45) is 23.5 Å². The molecular formula is C27H31NO4S. The van der Waals surface area contributed by atoms with Crippen LogP contribution in [0.15, 0.2) is 59.5 Å². The van der Waals surface area contributed by atoms with Crippen molar-refractivity contribution in [3.63, 3.8) is 0 Å². The molecule has 4 bridgehead atoms. The minimum Gasteiger partial charge on any atom is -0.457 e. The summed E-state index contributed by atoms with van der Waals surface area (Å²) in [5.41, 5.74) is 9.52.